The number of hydrogen-bond donors (Lipinski definition) is 0. The van der Waals surface area contributed by atoms with Gasteiger partial charge in [0.05, 0.1) is 40.7 Å². The summed E-state index contributed by atoms with van der Waals surface area (Å²) in [7, 11) is 5.75. The number of benzene rings is 1. The van der Waals surface area contributed by atoms with Crippen molar-refractivity contribution in [3.05, 3.63) is 64.3 Å². The lowest BCUT2D eigenvalue weighted by atomic mass is 9.81. The molecule has 1 saturated carbocycles. The standard InChI is InChI=1S/C29H32F2N6O/c1-18-11-22-24(36(4)28(18)38)12-20(19-5-7-29(30,31)8-6-19)13-25(22)37-10-9-34(2)26-14-23(32-16-27(26)37)21-15-33-35(3)17-21/h11-17,19H,5-10H2,1-4H3. The molecule has 198 valence electrons. The van der Waals surface area contributed by atoms with E-state index in [1.54, 1.807) is 16.3 Å². The Balaban J connectivity index is 1.51. The van der Waals surface area contributed by atoms with Crippen molar-refractivity contribution in [1.82, 2.24) is 19.3 Å². The van der Waals surface area contributed by atoms with Gasteiger partial charge in [-0.3, -0.25) is 14.5 Å². The van der Waals surface area contributed by atoms with E-state index in [-0.39, 0.29) is 24.3 Å². The van der Waals surface area contributed by atoms with E-state index in [4.69, 9.17) is 4.98 Å². The second kappa shape index (κ2) is 8.92. The Morgan fingerprint density at radius 3 is 2.42 bits per heavy atom. The summed E-state index contributed by atoms with van der Waals surface area (Å²) >= 11 is 0. The van der Waals surface area contributed by atoms with E-state index in [1.807, 2.05) is 44.7 Å². The van der Waals surface area contributed by atoms with E-state index in [1.165, 1.54) is 0 Å². The van der Waals surface area contributed by atoms with Crippen molar-refractivity contribution >= 4 is 28.0 Å². The molecule has 0 unspecified atom stereocenters. The van der Waals surface area contributed by atoms with Gasteiger partial charge < -0.3 is 14.4 Å². The Morgan fingerprint density at radius 2 is 1.71 bits per heavy atom. The molecule has 0 saturated heterocycles. The normalized spacial score (nSPS) is 17.7. The van der Waals surface area contributed by atoms with Gasteiger partial charge in [-0.2, -0.15) is 5.10 Å². The number of hydrogen-bond acceptors (Lipinski definition) is 5. The van der Waals surface area contributed by atoms with Crippen LogP contribution in [0.2, 0.25) is 0 Å². The van der Waals surface area contributed by atoms with Gasteiger partial charge in [0, 0.05) is 69.8 Å². The van der Waals surface area contributed by atoms with Crippen molar-refractivity contribution in [2.24, 2.45) is 14.1 Å². The van der Waals surface area contributed by atoms with Crippen LogP contribution in [-0.4, -0.2) is 45.4 Å². The van der Waals surface area contributed by atoms with Crippen molar-refractivity contribution in [1.29, 1.82) is 0 Å². The van der Waals surface area contributed by atoms with Crippen molar-refractivity contribution in [3.8, 4) is 11.3 Å². The first kappa shape index (κ1) is 24.6. The summed E-state index contributed by atoms with van der Waals surface area (Å²) in [5.41, 5.74) is 7.29. The SMILES string of the molecule is Cc1cc2c(N3CCN(C)c4cc(-c5cnn(C)c5)ncc43)cc(C3CCC(F)(F)CC3)cc2n(C)c1=O. The molecule has 2 aliphatic rings. The third-order valence-corrected chi connectivity index (χ3v) is 8.23. The molecule has 0 bridgehead atoms. The number of anilines is 3. The van der Waals surface area contributed by atoms with Crippen LogP contribution < -0.4 is 15.4 Å². The Labute approximate surface area is 220 Å². The first-order valence-electron chi connectivity index (χ1n) is 13.1. The third kappa shape index (κ3) is 4.14. The van der Waals surface area contributed by atoms with Crippen molar-refractivity contribution in [2.45, 2.75) is 44.4 Å². The van der Waals surface area contributed by atoms with Gasteiger partial charge in [0.1, 0.15) is 0 Å². The van der Waals surface area contributed by atoms with E-state index >= 15 is 0 Å². The van der Waals surface area contributed by atoms with Gasteiger partial charge in [-0.15, -0.1) is 0 Å². The van der Waals surface area contributed by atoms with Gasteiger partial charge >= 0.3 is 0 Å². The Bertz CT molecular complexity index is 1600. The van der Waals surface area contributed by atoms with Gasteiger partial charge in [0.2, 0.25) is 5.92 Å². The van der Waals surface area contributed by atoms with E-state index in [9.17, 15) is 13.6 Å². The Kier molecular flexibility index (Phi) is 5.77. The Hall–Kier alpha value is -3.75. The monoisotopic (exact) mass is 518 g/mol. The molecule has 0 radical (unpaired) electrons. The van der Waals surface area contributed by atoms with Crippen LogP contribution in [0, 0.1) is 6.92 Å². The van der Waals surface area contributed by atoms with Crippen LogP contribution in [-0.2, 0) is 14.1 Å². The molecule has 38 heavy (non-hydrogen) atoms. The molecule has 1 aliphatic carbocycles. The van der Waals surface area contributed by atoms with Gasteiger partial charge in [0.15, 0.2) is 0 Å². The Morgan fingerprint density at radius 1 is 0.947 bits per heavy atom. The van der Waals surface area contributed by atoms with Gasteiger partial charge in [0.25, 0.3) is 5.56 Å². The summed E-state index contributed by atoms with van der Waals surface area (Å²) in [5.74, 6) is -2.55. The molecule has 9 heteroatoms. The molecule has 3 aromatic heterocycles. The minimum Gasteiger partial charge on any atom is -0.371 e. The number of rotatable bonds is 3. The molecule has 1 fully saturated rings. The molecule has 4 aromatic rings. The van der Waals surface area contributed by atoms with Crippen LogP contribution in [0.4, 0.5) is 25.8 Å². The fourth-order valence-corrected chi connectivity index (χ4v) is 5.96. The topological polar surface area (TPSA) is 59.2 Å². The van der Waals surface area contributed by atoms with Crippen LogP contribution in [0.25, 0.3) is 22.2 Å². The molecule has 0 spiro atoms. The summed E-state index contributed by atoms with van der Waals surface area (Å²) in [6, 6.07) is 8.25. The molecule has 4 heterocycles. The number of alkyl halides is 2. The van der Waals surface area contributed by atoms with Crippen LogP contribution >= 0.6 is 0 Å². The predicted molar refractivity (Wildman–Crippen MR) is 147 cm³/mol. The smallest absolute Gasteiger partial charge is 0.253 e. The average molecular weight is 519 g/mol. The lowest BCUT2D eigenvalue weighted by Crippen LogP contribution is -2.37. The summed E-state index contributed by atoms with van der Waals surface area (Å²) in [6.45, 7) is 3.37. The van der Waals surface area contributed by atoms with Gasteiger partial charge in [-0.05, 0) is 55.5 Å². The first-order valence-corrected chi connectivity index (χ1v) is 13.1. The number of fused-ring (bicyclic) bond motifs is 2. The maximum Gasteiger partial charge on any atom is 0.253 e. The lowest BCUT2D eigenvalue weighted by Gasteiger charge is -2.38. The molecular weight excluding hydrogens is 486 g/mol. The maximum absolute atomic E-state index is 14.0. The van der Waals surface area contributed by atoms with Crippen LogP contribution in [0.15, 0.2) is 47.7 Å². The summed E-state index contributed by atoms with van der Waals surface area (Å²) in [4.78, 5) is 22.2. The second-order valence-corrected chi connectivity index (χ2v) is 10.8. The van der Waals surface area contributed by atoms with E-state index in [0.29, 0.717) is 18.4 Å². The van der Waals surface area contributed by atoms with Crippen molar-refractivity contribution in [2.75, 3.05) is 29.9 Å². The van der Waals surface area contributed by atoms with Crippen molar-refractivity contribution < 1.29 is 8.78 Å². The molecule has 6 rings (SSSR count). The summed E-state index contributed by atoms with van der Waals surface area (Å²) in [5, 5.41) is 5.26. The van der Waals surface area contributed by atoms with E-state index < -0.39 is 5.92 Å². The molecule has 1 aliphatic heterocycles. The highest BCUT2D eigenvalue weighted by molar-refractivity contribution is 5.97. The highest BCUT2D eigenvalue weighted by Gasteiger charge is 2.36. The number of nitrogens with zero attached hydrogens (tertiary/aromatic N) is 6. The zero-order chi connectivity index (χ0) is 26.8. The molecule has 0 N–H and O–H groups in total. The maximum atomic E-state index is 14.0. The van der Waals surface area contributed by atoms with E-state index in [2.05, 4.69) is 34.1 Å². The molecule has 1 aromatic carbocycles. The minimum atomic E-state index is -2.59. The van der Waals surface area contributed by atoms with Gasteiger partial charge in [-0.25, -0.2) is 8.78 Å². The highest BCUT2D eigenvalue weighted by atomic mass is 19.3. The fourth-order valence-electron chi connectivity index (χ4n) is 5.96. The van der Waals surface area contributed by atoms with Crippen molar-refractivity contribution in [3.63, 3.8) is 0 Å². The van der Waals surface area contributed by atoms with E-state index in [0.717, 1.165) is 57.9 Å². The number of likely N-dealkylation sites (N-methyl/N-ethyl adjacent to an activating group) is 1. The second-order valence-electron chi connectivity index (χ2n) is 10.8. The zero-order valence-corrected chi connectivity index (χ0v) is 22.2. The number of pyridine rings is 2. The molecule has 7 nitrogen and oxygen atoms in total. The first-order chi connectivity index (χ1) is 18.1. The zero-order valence-electron chi connectivity index (χ0n) is 22.2. The van der Waals surface area contributed by atoms with Gasteiger partial charge in [-0.1, -0.05) is 0 Å². The third-order valence-electron chi connectivity index (χ3n) is 8.23. The van der Waals surface area contributed by atoms with Crippen LogP contribution in [0.3, 0.4) is 0 Å². The summed E-state index contributed by atoms with van der Waals surface area (Å²) in [6.07, 6.45) is 6.33. The minimum absolute atomic E-state index is 0.0344. The molecule has 0 amide bonds. The van der Waals surface area contributed by atoms with Crippen LogP contribution in [0.1, 0.15) is 42.7 Å². The summed E-state index contributed by atoms with van der Waals surface area (Å²) < 4.78 is 31.4. The van der Waals surface area contributed by atoms with Crippen LogP contribution in [0.5, 0.6) is 0 Å². The fraction of sp³-hybridized carbons (Fsp3) is 0.414. The largest absolute Gasteiger partial charge is 0.371 e. The quantitative estimate of drug-likeness (QED) is 0.357. The average Bonchev–Trinajstić information content (AvgIpc) is 3.33. The number of halogens is 2. The predicted octanol–water partition coefficient (Wildman–Crippen LogP) is 5.52. The molecular formula is C29H32F2N6O. The number of aryl methyl sites for hydroxylation is 3. The lowest BCUT2D eigenvalue weighted by molar-refractivity contribution is -0.0382. The highest BCUT2D eigenvalue weighted by Crippen LogP contribution is 2.45. The number of aromatic nitrogens is 4. The molecule has 0 atom stereocenters.